The Morgan fingerprint density at radius 2 is 1.22 bits per heavy atom. The Hall–Kier alpha value is 0.375. The van der Waals surface area contributed by atoms with Gasteiger partial charge in [-0.25, -0.2) is 0 Å². The molecular weight excluding hydrogens is 239 g/mol. The maximum Gasteiger partial charge on any atom is 0.257 e. The van der Waals surface area contributed by atoms with E-state index >= 15 is 0 Å². The van der Waals surface area contributed by atoms with Gasteiger partial charge in [0, 0.05) is 6.61 Å². The molecular formula is C15H33BOS. The number of thioether (sulfide) groups is 1. The van der Waals surface area contributed by atoms with Gasteiger partial charge in [-0.15, -0.1) is 0 Å². The molecule has 0 unspecified atom stereocenters. The van der Waals surface area contributed by atoms with Gasteiger partial charge in [-0.2, -0.15) is 11.8 Å². The Balaban J connectivity index is 2.86. The standard InChI is InChI=1S/C15H33BOS/c1-2-3-4-5-6-7-8-11-14-18-15-12-9-10-13-17-16/h2-16H2,1H3. The molecule has 3 heteroatoms. The summed E-state index contributed by atoms with van der Waals surface area (Å²) in [4.78, 5) is 0. The Morgan fingerprint density at radius 3 is 1.78 bits per heavy atom. The molecule has 1 nitrogen and oxygen atoms in total. The van der Waals surface area contributed by atoms with Crippen molar-refractivity contribution in [2.45, 2.75) is 77.6 Å². The molecule has 0 bridgehead atoms. The third-order valence-corrected chi connectivity index (χ3v) is 4.43. The monoisotopic (exact) mass is 272 g/mol. The first-order valence-electron chi connectivity index (χ1n) is 7.98. The van der Waals surface area contributed by atoms with Crippen molar-refractivity contribution in [1.29, 1.82) is 0 Å². The van der Waals surface area contributed by atoms with Crippen LogP contribution in [0.15, 0.2) is 0 Å². The van der Waals surface area contributed by atoms with Gasteiger partial charge in [0.15, 0.2) is 0 Å². The van der Waals surface area contributed by atoms with Gasteiger partial charge < -0.3 is 4.65 Å². The van der Waals surface area contributed by atoms with Crippen LogP contribution < -0.4 is 0 Å². The van der Waals surface area contributed by atoms with E-state index in [1.807, 2.05) is 0 Å². The summed E-state index contributed by atoms with van der Waals surface area (Å²) in [7, 11) is 1.79. The fraction of sp³-hybridized carbons (Fsp3) is 1.00. The lowest BCUT2D eigenvalue weighted by Crippen LogP contribution is -1.91. The number of rotatable bonds is 15. The van der Waals surface area contributed by atoms with Crippen molar-refractivity contribution in [3.63, 3.8) is 0 Å². The van der Waals surface area contributed by atoms with Crippen LogP contribution in [0.1, 0.15) is 77.6 Å². The lowest BCUT2D eigenvalue weighted by atomic mass is 10.1. The van der Waals surface area contributed by atoms with Crippen molar-refractivity contribution in [3.8, 4) is 0 Å². The highest BCUT2D eigenvalue weighted by Gasteiger charge is 1.93. The van der Waals surface area contributed by atoms with Crippen molar-refractivity contribution < 1.29 is 4.65 Å². The van der Waals surface area contributed by atoms with Crippen LogP contribution in [0.4, 0.5) is 0 Å². The zero-order valence-corrected chi connectivity index (χ0v) is 13.5. The molecule has 0 spiro atoms. The van der Waals surface area contributed by atoms with Gasteiger partial charge in [0.05, 0.1) is 0 Å². The summed E-state index contributed by atoms with van der Waals surface area (Å²) >= 11 is 2.14. The van der Waals surface area contributed by atoms with E-state index in [1.54, 1.807) is 8.05 Å². The molecule has 0 fully saturated rings. The average molecular weight is 272 g/mol. The van der Waals surface area contributed by atoms with Crippen molar-refractivity contribution in [1.82, 2.24) is 0 Å². The molecule has 0 rings (SSSR count). The van der Waals surface area contributed by atoms with E-state index in [1.165, 1.54) is 82.1 Å². The number of unbranched alkanes of at least 4 members (excludes halogenated alkanes) is 9. The van der Waals surface area contributed by atoms with Crippen LogP contribution in [0.5, 0.6) is 0 Å². The molecule has 0 N–H and O–H groups in total. The Labute approximate surface area is 120 Å². The Bertz CT molecular complexity index is 128. The molecule has 0 saturated carbocycles. The summed E-state index contributed by atoms with van der Waals surface area (Å²) in [6.45, 7) is 3.22. The average Bonchev–Trinajstić information content (AvgIpc) is 2.39. The van der Waals surface area contributed by atoms with Crippen molar-refractivity contribution >= 4 is 19.8 Å². The lowest BCUT2D eigenvalue weighted by molar-refractivity contribution is 0.335. The predicted octanol–water partition coefficient (Wildman–Crippen LogP) is 4.60. The summed E-state index contributed by atoms with van der Waals surface area (Å²) < 4.78 is 5.04. The Morgan fingerprint density at radius 1 is 0.722 bits per heavy atom. The highest BCUT2D eigenvalue weighted by atomic mass is 32.2. The summed E-state index contributed by atoms with van der Waals surface area (Å²) in [5, 5.41) is 0. The second-order valence-electron chi connectivity index (χ2n) is 5.14. The van der Waals surface area contributed by atoms with E-state index < -0.39 is 0 Å². The lowest BCUT2D eigenvalue weighted by Gasteiger charge is -2.03. The van der Waals surface area contributed by atoms with Crippen molar-refractivity contribution in [2.24, 2.45) is 0 Å². The van der Waals surface area contributed by atoms with Crippen LogP contribution >= 0.6 is 11.8 Å². The highest BCUT2D eigenvalue weighted by molar-refractivity contribution is 7.99. The summed E-state index contributed by atoms with van der Waals surface area (Å²) in [5.74, 6) is 2.72. The third kappa shape index (κ3) is 16.4. The van der Waals surface area contributed by atoms with Crippen LogP contribution in [-0.2, 0) is 4.65 Å². The first-order chi connectivity index (χ1) is 8.91. The summed E-state index contributed by atoms with van der Waals surface area (Å²) in [6.07, 6.45) is 15.4. The second-order valence-corrected chi connectivity index (χ2v) is 6.37. The van der Waals surface area contributed by atoms with Crippen molar-refractivity contribution in [3.05, 3.63) is 0 Å². The molecule has 0 aromatic carbocycles. The molecule has 0 amide bonds. The van der Waals surface area contributed by atoms with E-state index in [4.69, 9.17) is 4.65 Å². The SMILES string of the molecule is BOCCCCCSCCCCCCCCCC. The van der Waals surface area contributed by atoms with E-state index in [2.05, 4.69) is 18.7 Å². The molecule has 0 atom stereocenters. The van der Waals surface area contributed by atoms with Crippen LogP contribution in [-0.4, -0.2) is 26.2 Å². The zero-order valence-electron chi connectivity index (χ0n) is 12.7. The van der Waals surface area contributed by atoms with Crippen LogP contribution in [0.3, 0.4) is 0 Å². The fourth-order valence-electron chi connectivity index (χ4n) is 2.07. The molecule has 108 valence electrons. The van der Waals surface area contributed by atoms with Gasteiger partial charge in [-0.05, 0) is 30.8 Å². The third-order valence-electron chi connectivity index (χ3n) is 3.28. The maximum absolute atomic E-state index is 5.04. The van der Waals surface area contributed by atoms with E-state index in [0.29, 0.717) is 0 Å². The first-order valence-corrected chi connectivity index (χ1v) is 9.14. The molecule has 0 aliphatic heterocycles. The minimum Gasteiger partial charge on any atom is -0.444 e. The number of hydrogen-bond acceptors (Lipinski definition) is 2. The largest absolute Gasteiger partial charge is 0.444 e. The minimum atomic E-state index is 0.933. The molecule has 0 aromatic rings. The quantitative estimate of drug-likeness (QED) is 0.318. The second kappa shape index (κ2) is 17.4. The minimum absolute atomic E-state index is 0.933. The predicted molar refractivity (Wildman–Crippen MR) is 88.3 cm³/mol. The smallest absolute Gasteiger partial charge is 0.257 e. The van der Waals surface area contributed by atoms with Gasteiger partial charge >= 0.3 is 0 Å². The molecule has 0 aliphatic rings. The van der Waals surface area contributed by atoms with Crippen LogP contribution in [0.2, 0.25) is 0 Å². The Kier molecular flexibility index (Phi) is 17.7. The zero-order chi connectivity index (χ0) is 13.3. The van der Waals surface area contributed by atoms with Gasteiger partial charge in [-0.1, -0.05) is 58.3 Å². The molecule has 0 radical (unpaired) electrons. The van der Waals surface area contributed by atoms with Crippen LogP contribution in [0.25, 0.3) is 0 Å². The molecule has 0 heterocycles. The van der Waals surface area contributed by atoms with Gasteiger partial charge in [-0.3, -0.25) is 0 Å². The summed E-state index contributed by atoms with van der Waals surface area (Å²) in [5.41, 5.74) is 0. The normalized spacial score (nSPS) is 10.9. The molecule has 0 aromatic heterocycles. The fourth-order valence-corrected chi connectivity index (χ4v) is 3.09. The van der Waals surface area contributed by atoms with E-state index in [0.717, 1.165) is 6.61 Å². The van der Waals surface area contributed by atoms with Gasteiger partial charge in [0.2, 0.25) is 0 Å². The van der Waals surface area contributed by atoms with Gasteiger partial charge in [0.25, 0.3) is 8.05 Å². The molecule has 0 aliphatic carbocycles. The summed E-state index contributed by atoms with van der Waals surface area (Å²) in [6, 6.07) is 0. The molecule has 18 heavy (non-hydrogen) atoms. The van der Waals surface area contributed by atoms with E-state index in [9.17, 15) is 0 Å². The van der Waals surface area contributed by atoms with E-state index in [-0.39, 0.29) is 0 Å². The maximum atomic E-state index is 5.04. The number of hydrogen-bond donors (Lipinski definition) is 0. The van der Waals surface area contributed by atoms with Gasteiger partial charge in [0.1, 0.15) is 0 Å². The topological polar surface area (TPSA) is 9.23 Å². The first kappa shape index (κ1) is 18.4. The van der Waals surface area contributed by atoms with Crippen molar-refractivity contribution in [2.75, 3.05) is 18.1 Å². The van der Waals surface area contributed by atoms with Crippen LogP contribution in [0, 0.1) is 0 Å². The molecule has 0 saturated heterocycles. The highest BCUT2D eigenvalue weighted by Crippen LogP contribution is 2.12.